The third kappa shape index (κ3) is 3.51. The van der Waals surface area contributed by atoms with Gasteiger partial charge in [0.2, 0.25) is 0 Å². The van der Waals surface area contributed by atoms with E-state index in [1.165, 1.54) is 0 Å². The molecule has 90 valence electrons. The van der Waals surface area contributed by atoms with Crippen LogP contribution in [0.4, 0.5) is 0 Å². The second kappa shape index (κ2) is 5.75. The Kier molecular flexibility index (Phi) is 4.07. The molecule has 0 amide bonds. The highest BCUT2D eigenvalue weighted by atomic mass is 35.5. The van der Waals surface area contributed by atoms with Gasteiger partial charge in [0, 0.05) is 19.5 Å². The van der Waals surface area contributed by atoms with Gasteiger partial charge in [-0.05, 0) is 29.8 Å². The van der Waals surface area contributed by atoms with Crippen molar-refractivity contribution in [1.82, 2.24) is 5.32 Å². The molecule has 0 fully saturated rings. The van der Waals surface area contributed by atoms with Crippen LogP contribution in [0.2, 0.25) is 5.02 Å². The van der Waals surface area contributed by atoms with Crippen molar-refractivity contribution in [2.24, 2.45) is 0 Å². The first kappa shape index (κ1) is 12.0. The molecule has 1 aromatic carbocycles. The van der Waals surface area contributed by atoms with Crippen molar-refractivity contribution in [3.8, 4) is 5.75 Å². The summed E-state index contributed by atoms with van der Waals surface area (Å²) in [6.07, 6.45) is 2.54. The Hall–Kier alpha value is -1.45. The maximum atomic E-state index is 9.28. The van der Waals surface area contributed by atoms with Crippen molar-refractivity contribution in [3.05, 3.63) is 52.9 Å². The monoisotopic (exact) mass is 251 g/mol. The summed E-state index contributed by atoms with van der Waals surface area (Å²) in [5.74, 6) is 1.09. The molecule has 2 N–H and O–H groups in total. The average Bonchev–Trinajstić information content (AvgIpc) is 2.82. The predicted molar refractivity (Wildman–Crippen MR) is 67.2 cm³/mol. The largest absolute Gasteiger partial charge is 0.506 e. The topological polar surface area (TPSA) is 45.4 Å². The van der Waals surface area contributed by atoms with Crippen LogP contribution in [0, 0.1) is 0 Å². The molecule has 3 nitrogen and oxygen atoms in total. The maximum Gasteiger partial charge on any atom is 0.134 e. The fourth-order valence-corrected chi connectivity index (χ4v) is 1.76. The van der Waals surface area contributed by atoms with Crippen LogP contribution in [0.3, 0.4) is 0 Å². The van der Waals surface area contributed by atoms with E-state index in [4.69, 9.17) is 16.0 Å². The summed E-state index contributed by atoms with van der Waals surface area (Å²) in [5, 5.41) is 12.9. The van der Waals surface area contributed by atoms with E-state index < -0.39 is 0 Å². The maximum absolute atomic E-state index is 9.28. The van der Waals surface area contributed by atoms with E-state index in [1.807, 2.05) is 18.2 Å². The second-order valence-corrected chi connectivity index (χ2v) is 4.20. The highest BCUT2D eigenvalue weighted by Gasteiger charge is 2.00. The summed E-state index contributed by atoms with van der Waals surface area (Å²) < 4.78 is 5.23. The molecule has 1 heterocycles. The van der Waals surface area contributed by atoms with Crippen molar-refractivity contribution in [2.75, 3.05) is 6.54 Å². The minimum absolute atomic E-state index is 0.117. The van der Waals surface area contributed by atoms with Gasteiger partial charge in [-0.15, -0.1) is 0 Å². The van der Waals surface area contributed by atoms with Gasteiger partial charge in [0.15, 0.2) is 0 Å². The first-order chi connectivity index (χ1) is 8.25. The van der Waals surface area contributed by atoms with Crippen molar-refractivity contribution in [1.29, 1.82) is 0 Å². The molecule has 0 aliphatic heterocycles. The van der Waals surface area contributed by atoms with E-state index in [0.717, 1.165) is 30.8 Å². The number of aromatic hydroxyl groups is 1. The van der Waals surface area contributed by atoms with Crippen LogP contribution >= 0.6 is 11.6 Å². The van der Waals surface area contributed by atoms with E-state index in [2.05, 4.69) is 5.32 Å². The molecule has 0 unspecified atom stereocenters. The van der Waals surface area contributed by atoms with Gasteiger partial charge >= 0.3 is 0 Å². The highest BCUT2D eigenvalue weighted by molar-refractivity contribution is 6.32. The molecule has 0 bridgehead atoms. The van der Waals surface area contributed by atoms with Gasteiger partial charge in [0.25, 0.3) is 0 Å². The number of benzene rings is 1. The Morgan fingerprint density at radius 3 is 2.88 bits per heavy atom. The van der Waals surface area contributed by atoms with Gasteiger partial charge in [-0.25, -0.2) is 0 Å². The summed E-state index contributed by atoms with van der Waals surface area (Å²) >= 11 is 5.82. The quantitative estimate of drug-likeness (QED) is 0.803. The molecule has 0 radical (unpaired) electrons. The molecule has 0 aliphatic rings. The molecule has 0 saturated carbocycles. The molecule has 0 atom stereocenters. The Labute approximate surface area is 105 Å². The number of furan rings is 1. The molecule has 1 aromatic heterocycles. The van der Waals surface area contributed by atoms with Crippen molar-refractivity contribution >= 4 is 11.6 Å². The SMILES string of the molecule is Oc1ccc(CNCCc2ccco2)cc1Cl. The van der Waals surface area contributed by atoms with Crippen LogP contribution < -0.4 is 5.32 Å². The lowest BCUT2D eigenvalue weighted by molar-refractivity contribution is 0.475. The number of phenols is 1. The molecule has 0 saturated heterocycles. The molecule has 0 spiro atoms. The van der Waals surface area contributed by atoms with Crippen LogP contribution in [0.5, 0.6) is 5.75 Å². The van der Waals surface area contributed by atoms with Crippen LogP contribution in [-0.2, 0) is 13.0 Å². The van der Waals surface area contributed by atoms with Gasteiger partial charge in [0.05, 0.1) is 11.3 Å². The minimum Gasteiger partial charge on any atom is -0.506 e. The molecule has 2 rings (SSSR count). The predicted octanol–water partition coefficient (Wildman–Crippen LogP) is 2.97. The summed E-state index contributed by atoms with van der Waals surface area (Å²) in [4.78, 5) is 0. The van der Waals surface area contributed by atoms with Gasteiger partial charge in [-0.3, -0.25) is 0 Å². The normalized spacial score (nSPS) is 10.6. The van der Waals surface area contributed by atoms with E-state index in [9.17, 15) is 5.11 Å². The Morgan fingerprint density at radius 1 is 1.29 bits per heavy atom. The summed E-state index contributed by atoms with van der Waals surface area (Å²) in [7, 11) is 0. The minimum atomic E-state index is 0.117. The number of phenolic OH excluding ortho intramolecular Hbond substituents is 1. The summed E-state index contributed by atoms with van der Waals surface area (Å²) in [6.45, 7) is 1.56. The molecular formula is C13H14ClNO2. The average molecular weight is 252 g/mol. The third-order valence-corrected chi connectivity index (χ3v) is 2.77. The van der Waals surface area contributed by atoms with Crippen molar-refractivity contribution in [2.45, 2.75) is 13.0 Å². The molecule has 0 aliphatic carbocycles. The van der Waals surface area contributed by atoms with Gasteiger partial charge < -0.3 is 14.8 Å². The van der Waals surface area contributed by atoms with Gasteiger partial charge in [-0.2, -0.15) is 0 Å². The number of rotatable bonds is 5. The first-order valence-corrected chi connectivity index (χ1v) is 5.84. The van der Waals surface area contributed by atoms with Gasteiger partial charge in [-0.1, -0.05) is 17.7 Å². The lowest BCUT2D eigenvalue weighted by atomic mass is 10.2. The fraction of sp³-hybridized carbons (Fsp3) is 0.231. The van der Waals surface area contributed by atoms with Crippen LogP contribution in [0.25, 0.3) is 0 Å². The molecule has 17 heavy (non-hydrogen) atoms. The van der Waals surface area contributed by atoms with Crippen LogP contribution in [0.15, 0.2) is 41.0 Å². The zero-order valence-corrected chi connectivity index (χ0v) is 10.1. The second-order valence-electron chi connectivity index (χ2n) is 3.79. The van der Waals surface area contributed by atoms with E-state index in [1.54, 1.807) is 18.4 Å². The van der Waals surface area contributed by atoms with Crippen molar-refractivity contribution < 1.29 is 9.52 Å². The smallest absolute Gasteiger partial charge is 0.134 e. The van der Waals surface area contributed by atoms with E-state index in [-0.39, 0.29) is 5.75 Å². The zero-order chi connectivity index (χ0) is 12.1. The zero-order valence-electron chi connectivity index (χ0n) is 9.32. The standard InChI is InChI=1S/C13H14ClNO2/c14-12-8-10(3-4-13(12)16)9-15-6-5-11-2-1-7-17-11/h1-4,7-8,15-16H,5-6,9H2. The fourth-order valence-electron chi connectivity index (χ4n) is 1.56. The lowest BCUT2D eigenvalue weighted by Crippen LogP contribution is -2.16. The number of nitrogens with one attached hydrogen (secondary N) is 1. The van der Waals surface area contributed by atoms with Crippen molar-refractivity contribution in [3.63, 3.8) is 0 Å². The highest BCUT2D eigenvalue weighted by Crippen LogP contribution is 2.23. The molecule has 4 heteroatoms. The summed E-state index contributed by atoms with van der Waals surface area (Å²) in [6, 6.07) is 9.05. The van der Waals surface area contributed by atoms with E-state index >= 15 is 0 Å². The van der Waals surface area contributed by atoms with Crippen LogP contribution in [0.1, 0.15) is 11.3 Å². The van der Waals surface area contributed by atoms with E-state index in [0.29, 0.717) is 5.02 Å². The number of hydrogen-bond donors (Lipinski definition) is 2. The Balaban J connectivity index is 1.76. The third-order valence-electron chi connectivity index (χ3n) is 2.47. The first-order valence-electron chi connectivity index (χ1n) is 5.46. The van der Waals surface area contributed by atoms with Crippen LogP contribution in [-0.4, -0.2) is 11.7 Å². The summed E-state index contributed by atoms with van der Waals surface area (Å²) in [5.41, 5.74) is 1.05. The Morgan fingerprint density at radius 2 is 2.18 bits per heavy atom. The molecule has 2 aromatic rings. The number of hydrogen-bond acceptors (Lipinski definition) is 3. The Bertz CT molecular complexity index is 468. The number of halogens is 1. The molecular weight excluding hydrogens is 238 g/mol. The van der Waals surface area contributed by atoms with Gasteiger partial charge in [0.1, 0.15) is 11.5 Å². The lowest BCUT2D eigenvalue weighted by Gasteiger charge is -2.05.